The molecule has 0 aliphatic rings. The highest BCUT2D eigenvalue weighted by atomic mass is 32.1. The molecular weight excluding hydrogens is 304 g/mol. The predicted octanol–water partition coefficient (Wildman–Crippen LogP) is 4.02. The number of carbonyl (C=O) groups excluding carboxylic acids is 2. The molecule has 0 aromatic carbocycles. The zero-order valence-corrected chi connectivity index (χ0v) is 13.8. The second-order valence-electron chi connectivity index (χ2n) is 4.58. The van der Waals surface area contributed by atoms with E-state index < -0.39 is 0 Å². The molecule has 0 N–H and O–H groups in total. The van der Waals surface area contributed by atoms with Crippen LogP contribution in [-0.2, 0) is 17.6 Å². The number of aryl methyl sites for hydroxylation is 2. The SMILES string of the molecule is CCc1ccc(C(=O)COCC(=O)c2ccc(CC)s2)s1. The number of rotatable bonds is 8. The first kappa shape index (κ1) is 16.1. The van der Waals surface area contributed by atoms with E-state index in [1.54, 1.807) is 0 Å². The normalized spacial score (nSPS) is 10.8. The number of ketones is 2. The average molecular weight is 322 g/mol. The Kier molecular flexibility index (Phi) is 5.85. The van der Waals surface area contributed by atoms with Crippen molar-refractivity contribution in [1.82, 2.24) is 0 Å². The van der Waals surface area contributed by atoms with E-state index in [4.69, 9.17) is 4.74 Å². The summed E-state index contributed by atoms with van der Waals surface area (Å²) in [4.78, 5) is 27.6. The largest absolute Gasteiger partial charge is 0.365 e. The molecule has 112 valence electrons. The molecule has 5 heteroatoms. The molecule has 2 rings (SSSR count). The number of carbonyl (C=O) groups is 2. The number of thiophene rings is 2. The van der Waals surface area contributed by atoms with Crippen LogP contribution in [0.4, 0.5) is 0 Å². The van der Waals surface area contributed by atoms with Crippen LogP contribution in [0.1, 0.15) is 42.9 Å². The van der Waals surface area contributed by atoms with E-state index in [2.05, 4.69) is 13.8 Å². The summed E-state index contributed by atoms with van der Waals surface area (Å²) in [5.41, 5.74) is 0. The first-order valence-electron chi connectivity index (χ1n) is 6.95. The van der Waals surface area contributed by atoms with Crippen LogP contribution in [0, 0.1) is 0 Å². The lowest BCUT2D eigenvalue weighted by atomic mass is 10.3. The number of Topliss-reactive ketones (excluding diaryl/α,β-unsaturated/α-hetero) is 2. The fourth-order valence-corrected chi connectivity index (χ4v) is 3.56. The highest BCUT2D eigenvalue weighted by molar-refractivity contribution is 7.14. The Bertz CT molecular complexity index is 571. The van der Waals surface area contributed by atoms with Crippen molar-refractivity contribution in [2.45, 2.75) is 26.7 Å². The first-order chi connectivity index (χ1) is 10.1. The zero-order chi connectivity index (χ0) is 15.2. The molecule has 2 aromatic heterocycles. The Morgan fingerprint density at radius 3 is 1.62 bits per heavy atom. The van der Waals surface area contributed by atoms with Gasteiger partial charge in [0.2, 0.25) is 0 Å². The minimum absolute atomic E-state index is 0.0403. The molecule has 0 aliphatic carbocycles. The lowest BCUT2D eigenvalue weighted by Gasteiger charge is -2.00. The van der Waals surface area contributed by atoms with Crippen molar-refractivity contribution < 1.29 is 14.3 Å². The molecule has 21 heavy (non-hydrogen) atoms. The summed E-state index contributed by atoms with van der Waals surface area (Å²) in [6.07, 6.45) is 1.85. The summed E-state index contributed by atoms with van der Waals surface area (Å²) in [7, 11) is 0. The maximum Gasteiger partial charge on any atom is 0.198 e. The third-order valence-electron chi connectivity index (χ3n) is 3.04. The fraction of sp³-hybridized carbons (Fsp3) is 0.375. The van der Waals surface area contributed by atoms with Crippen molar-refractivity contribution in [2.75, 3.05) is 13.2 Å². The van der Waals surface area contributed by atoms with Crippen LogP contribution in [0.2, 0.25) is 0 Å². The second kappa shape index (κ2) is 7.64. The van der Waals surface area contributed by atoms with Crippen LogP contribution in [0.15, 0.2) is 24.3 Å². The van der Waals surface area contributed by atoms with Gasteiger partial charge in [-0.15, -0.1) is 22.7 Å². The van der Waals surface area contributed by atoms with Crippen molar-refractivity contribution in [2.24, 2.45) is 0 Å². The molecular formula is C16H18O3S2. The standard InChI is InChI=1S/C16H18O3S2/c1-3-11-5-7-15(20-11)13(17)9-19-10-14(18)16-8-6-12(4-2)21-16/h5-8H,3-4,9-10H2,1-2H3. The highest BCUT2D eigenvalue weighted by Crippen LogP contribution is 2.19. The molecule has 0 unspecified atom stereocenters. The minimum Gasteiger partial charge on any atom is -0.365 e. The third-order valence-corrected chi connectivity index (χ3v) is 5.58. The molecule has 0 atom stereocenters. The summed E-state index contributed by atoms with van der Waals surface area (Å²) in [5.74, 6) is -0.124. The van der Waals surface area contributed by atoms with Crippen molar-refractivity contribution in [3.8, 4) is 0 Å². The van der Waals surface area contributed by atoms with Gasteiger partial charge in [-0.1, -0.05) is 13.8 Å². The van der Waals surface area contributed by atoms with Gasteiger partial charge in [0.05, 0.1) is 9.75 Å². The molecule has 0 amide bonds. The monoisotopic (exact) mass is 322 g/mol. The molecule has 0 saturated carbocycles. The smallest absolute Gasteiger partial charge is 0.198 e. The van der Waals surface area contributed by atoms with Crippen LogP contribution in [0.5, 0.6) is 0 Å². The van der Waals surface area contributed by atoms with E-state index in [1.165, 1.54) is 32.4 Å². The first-order valence-corrected chi connectivity index (χ1v) is 8.58. The van der Waals surface area contributed by atoms with Gasteiger partial charge in [0.25, 0.3) is 0 Å². The number of hydrogen-bond acceptors (Lipinski definition) is 5. The minimum atomic E-state index is -0.0621. The van der Waals surface area contributed by atoms with Crippen LogP contribution < -0.4 is 0 Å². The molecule has 0 radical (unpaired) electrons. The maximum atomic E-state index is 11.9. The van der Waals surface area contributed by atoms with Gasteiger partial charge in [0.15, 0.2) is 11.6 Å². The third kappa shape index (κ3) is 4.33. The Morgan fingerprint density at radius 2 is 1.29 bits per heavy atom. The lowest BCUT2D eigenvalue weighted by Crippen LogP contribution is -2.13. The Labute approximate surface area is 132 Å². The lowest BCUT2D eigenvalue weighted by molar-refractivity contribution is 0.0677. The Hall–Kier alpha value is -1.30. The maximum absolute atomic E-state index is 11.9. The molecule has 3 nitrogen and oxygen atoms in total. The number of ether oxygens (including phenoxy) is 1. The molecule has 0 spiro atoms. The van der Waals surface area contributed by atoms with Crippen molar-refractivity contribution in [3.63, 3.8) is 0 Å². The number of hydrogen-bond donors (Lipinski definition) is 0. The van der Waals surface area contributed by atoms with E-state index >= 15 is 0 Å². The molecule has 2 aromatic rings. The molecule has 0 saturated heterocycles. The van der Waals surface area contributed by atoms with E-state index in [9.17, 15) is 9.59 Å². The van der Waals surface area contributed by atoms with Crippen molar-refractivity contribution in [1.29, 1.82) is 0 Å². The van der Waals surface area contributed by atoms with Gasteiger partial charge in [-0.25, -0.2) is 0 Å². The fourth-order valence-electron chi connectivity index (χ4n) is 1.81. The van der Waals surface area contributed by atoms with Gasteiger partial charge in [-0.2, -0.15) is 0 Å². The van der Waals surface area contributed by atoms with Gasteiger partial charge >= 0.3 is 0 Å². The highest BCUT2D eigenvalue weighted by Gasteiger charge is 2.12. The van der Waals surface area contributed by atoms with Crippen LogP contribution in [0.3, 0.4) is 0 Å². The van der Waals surface area contributed by atoms with Crippen molar-refractivity contribution in [3.05, 3.63) is 43.8 Å². The summed E-state index contributed by atoms with van der Waals surface area (Å²) in [6.45, 7) is 4.03. The van der Waals surface area contributed by atoms with Crippen LogP contribution in [0.25, 0.3) is 0 Å². The van der Waals surface area contributed by atoms with E-state index in [1.807, 2.05) is 24.3 Å². The molecule has 0 bridgehead atoms. The van der Waals surface area contributed by atoms with Gasteiger partial charge in [0.1, 0.15) is 13.2 Å². The van der Waals surface area contributed by atoms with Gasteiger partial charge in [-0.05, 0) is 37.1 Å². The summed E-state index contributed by atoms with van der Waals surface area (Å²) in [5, 5.41) is 0. The van der Waals surface area contributed by atoms with Gasteiger partial charge in [-0.3, -0.25) is 9.59 Å². The second-order valence-corrected chi connectivity index (χ2v) is 6.91. The van der Waals surface area contributed by atoms with E-state index in [0.717, 1.165) is 12.8 Å². The summed E-state index contributed by atoms with van der Waals surface area (Å²) < 4.78 is 5.27. The van der Waals surface area contributed by atoms with Gasteiger partial charge < -0.3 is 4.74 Å². The molecule has 0 aliphatic heterocycles. The summed E-state index contributed by atoms with van der Waals surface area (Å²) in [6, 6.07) is 7.57. The van der Waals surface area contributed by atoms with Crippen LogP contribution in [-0.4, -0.2) is 24.8 Å². The molecule has 2 heterocycles. The van der Waals surface area contributed by atoms with E-state index in [-0.39, 0.29) is 24.8 Å². The topological polar surface area (TPSA) is 43.4 Å². The molecule has 0 fully saturated rings. The predicted molar refractivity (Wildman–Crippen MR) is 86.9 cm³/mol. The Morgan fingerprint density at radius 1 is 0.857 bits per heavy atom. The van der Waals surface area contributed by atoms with Crippen molar-refractivity contribution >= 4 is 34.2 Å². The Balaban J connectivity index is 1.80. The van der Waals surface area contributed by atoms with Gasteiger partial charge in [0, 0.05) is 9.75 Å². The summed E-state index contributed by atoms with van der Waals surface area (Å²) >= 11 is 2.98. The van der Waals surface area contributed by atoms with E-state index in [0.29, 0.717) is 9.75 Å². The average Bonchev–Trinajstić information content (AvgIpc) is 3.15. The quantitative estimate of drug-likeness (QED) is 0.690. The zero-order valence-electron chi connectivity index (χ0n) is 12.2. The van der Waals surface area contributed by atoms with Crippen LogP contribution >= 0.6 is 22.7 Å².